The van der Waals surface area contributed by atoms with E-state index in [-0.39, 0.29) is 11.9 Å². The molecular weight excluding hydrogens is 310 g/mol. The van der Waals surface area contributed by atoms with Gasteiger partial charge >= 0.3 is 0 Å². The fourth-order valence-corrected chi connectivity index (χ4v) is 2.15. The van der Waals surface area contributed by atoms with Crippen LogP contribution < -0.4 is 10.1 Å². The molecule has 2 aromatic rings. The first-order valence-electron chi connectivity index (χ1n) is 7.74. The summed E-state index contributed by atoms with van der Waals surface area (Å²) in [5.74, 6) is 0.947. The van der Waals surface area contributed by atoms with Crippen molar-refractivity contribution in [3.05, 3.63) is 64.7 Å². The summed E-state index contributed by atoms with van der Waals surface area (Å²) in [5, 5.41) is 3.66. The maximum atomic E-state index is 12.3. The zero-order chi connectivity index (χ0) is 16.8. The Labute approximate surface area is 142 Å². The van der Waals surface area contributed by atoms with E-state index in [9.17, 15) is 4.79 Å². The first-order valence-corrected chi connectivity index (χ1v) is 8.12. The minimum absolute atomic E-state index is 0.0885. The van der Waals surface area contributed by atoms with E-state index in [1.807, 2.05) is 43.3 Å². The lowest BCUT2D eigenvalue weighted by Crippen LogP contribution is -2.36. The van der Waals surface area contributed by atoms with Crippen LogP contribution in [-0.2, 0) is 6.61 Å². The Morgan fingerprint density at radius 3 is 2.57 bits per heavy atom. The summed E-state index contributed by atoms with van der Waals surface area (Å²) in [5.41, 5.74) is 1.51. The topological polar surface area (TPSA) is 38.3 Å². The van der Waals surface area contributed by atoms with Crippen LogP contribution in [0.5, 0.6) is 5.75 Å². The second-order valence-corrected chi connectivity index (χ2v) is 6.32. The van der Waals surface area contributed by atoms with Crippen LogP contribution in [0, 0.1) is 5.92 Å². The average Bonchev–Trinajstić information content (AvgIpc) is 2.54. The summed E-state index contributed by atoms with van der Waals surface area (Å²) in [6, 6.07) is 14.9. The highest BCUT2D eigenvalue weighted by Gasteiger charge is 2.13. The van der Waals surface area contributed by atoms with E-state index in [1.54, 1.807) is 12.1 Å². The van der Waals surface area contributed by atoms with E-state index < -0.39 is 0 Å². The Hall–Kier alpha value is -2.00. The highest BCUT2D eigenvalue weighted by atomic mass is 35.5. The lowest BCUT2D eigenvalue weighted by atomic mass is 10.1. The third-order valence-electron chi connectivity index (χ3n) is 3.81. The van der Waals surface area contributed by atoms with E-state index in [0.717, 1.165) is 5.56 Å². The first-order chi connectivity index (χ1) is 11.0. The maximum absolute atomic E-state index is 12.3. The van der Waals surface area contributed by atoms with Crippen molar-refractivity contribution in [2.45, 2.75) is 33.4 Å². The number of rotatable bonds is 6. The third kappa shape index (κ3) is 5.00. The lowest BCUT2D eigenvalue weighted by molar-refractivity contribution is 0.0930. The van der Waals surface area contributed by atoms with Crippen molar-refractivity contribution >= 4 is 17.5 Å². The highest BCUT2D eigenvalue weighted by Crippen LogP contribution is 2.19. The number of carbonyl (C=O) groups excluding carboxylic acids is 1. The van der Waals surface area contributed by atoms with Crippen LogP contribution in [0.1, 0.15) is 36.7 Å². The normalized spacial score (nSPS) is 12.0. The van der Waals surface area contributed by atoms with Crippen molar-refractivity contribution < 1.29 is 9.53 Å². The molecule has 0 unspecified atom stereocenters. The van der Waals surface area contributed by atoms with Crippen molar-refractivity contribution in [3.63, 3.8) is 0 Å². The summed E-state index contributed by atoms with van der Waals surface area (Å²) in [4.78, 5) is 12.3. The van der Waals surface area contributed by atoms with E-state index in [2.05, 4.69) is 19.2 Å². The van der Waals surface area contributed by atoms with Crippen molar-refractivity contribution in [2.75, 3.05) is 0 Å². The van der Waals surface area contributed by atoms with Crippen LogP contribution in [0.15, 0.2) is 48.5 Å². The van der Waals surface area contributed by atoms with Gasteiger partial charge in [0.25, 0.3) is 5.91 Å². The Bertz CT molecular complexity index is 670. The van der Waals surface area contributed by atoms with Gasteiger partial charge in [0.1, 0.15) is 12.4 Å². The van der Waals surface area contributed by atoms with Crippen molar-refractivity contribution in [1.82, 2.24) is 5.32 Å². The molecule has 0 aliphatic carbocycles. The zero-order valence-corrected chi connectivity index (χ0v) is 14.4. The van der Waals surface area contributed by atoms with Crippen LogP contribution in [0.2, 0.25) is 5.02 Å². The molecule has 23 heavy (non-hydrogen) atoms. The number of hydrogen-bond donors (Lipinski definition) is 1. The van der Waals surface area contributed by atoms with Crippen LogP contribution >= 0.6 is 11.6 Å². The molecule has 3 nitrogen and oxygen atoms in total. The Kier molecular flexibility index (Phi) is 6.05. The predicted molar refractivity (Wildman–Crippen MR) is 94.0 cm³/mol. The monoisotopic (exact) mass is 331 g/mol. The maximum Gasteiger partial charge on any atom is 0.251 e. The molecule has 0 fully saturated rings. The molecule has 0 aliphatic heterocycles. The quantitative estimate of drug-likeness (QED) is 0.833. The Balaban J connectivity index is 2.02. The summed E-state index contributed by atoms with van der Waals surface area (Å²) >= 11 is 6.11. The lowest BCUT2D eigenvalue weighted by Gasteiger charge is -2.17. The molecule has 0 saturated heterocycles. The summed E-state index contributed by atoms with van der Waals surface area (Å²) in [6.45, 7) is 6.52. The van der Waals surface area contributed by atoms with E-state index in [0.29, 0.717) is 28.9 Å². The van der Waals surface area contributed by atoms with Gasteiger partial charge < -0.3 is 10.1 Å². The summed E-state index contributed by atoms with van der Waals surface area (Å²) < 4.78 is 5.75. The number of ether oxygens (including phenoxy) is 1. The molecule has 0 aromatic heterocycles. The van der Waals surface area contributed by atoms with Crippen molar-refractivity contribution in [3.8, 4) is 5.75 Å². The first kappa shape index (κ1) is 17.4. The fourth-order valence-electron chi connectivity index (χ4n) is 1.96. The van der Waals surface area contributed by atoms with Gasteiger partial charge in [-0.2, -0.15) is 0 Å². The third-order valence-corrected chi connectivity index (χ3v) is 4.18. The minimum Gasteiger partial charge on any atom is -0.489 e. The molecule has 1 atom stereocenters. The standard InChI is InChI=1S/C19H22ClNO2/c1-13(2)14(3)21-19(22)15-8-6-9-17(11-15)23-12-16-7-4-5-10-18(16)20/h4-11,13-14H,12H2,1-3H3,(H,21,22)/t14-/m1/s1. The SMILES string of the molecule is CC(C)[C@@H](C)NC(=O)c1cccc(OCc2ccccc2Cl)c1. The second-order valence-electron chi connectivity index (χ2n) is 5.91. The van der Waals surface area contributed by atoms with Gasteiger partial charge in [-0.1, -0.05) is 49.7 Å². The Morgan fingerprint density at radius 2 is 1.87 bits per heavy atom. The number of amides is 1. The summed E-state index contributed by atoms with van der Waals surface area (Å²) in [6.07, 6.45) is 0. The molecule has 122 valence electrons. The highest BCUT2D eigenvalue weighted by molar-refractivity contribution is 6.31. The molecule has 2 aromatic carbocycles. The zero-order valence-electron chi connectivity index (χ0n) is 13.7. The minimum atomic E-state index is -0.0885. The van der Waals surface area contributed by atoms with Crippen molar-refractivity contribution in [1.29, 1.82) is 0 Å². The molecule has 1 N–H and O–H groups in total. The van der Waals surface area contributed by atoms with Gasteiger partial charge in [-0.15, -0.1) is 0 Å². The molecule has 0 heterocycles. The molecule has 0 saturated carbocycles. The van der Waals surface area contributed by atoms with Gasteiger partial charge in [0.2, 0.25) is 0 Å². The van der Waals surface area contributed by atoms with E-state index in [4.69, 9.17) is 16.3 Å². The van der Waals surface area contributed by atoms with Crippen LogP contribution in [0.4, 0.5) is 0 Å². The van der Waals surface area contributed by atoms with Crippen LogP contribution in [-0.4, -0.2) is 11.9 Å². The average molecular weight is 332 g/mol. The van der Waals surface area contributed by atoms with Crippen molar-refractivity contribution in [2.24, 2.45) is 5.92 Å². The van der Waals surface area contributed by atoms with Crippen LogP contribution in [0.25, 0.3) is 0 Å². The smallest absolute Gasteiger partial charge is 0.251 e. The fraction of sp³-hybridized carbons (Fsp3) is 0.316. The number of halogens is 1. The number of carbonyl (C=O) groups is 1. The van der Waals surface area contributed by atoms with Gasteiger partial charge in [0.05, 0.1) is 0 Å². The van der Waals surface area contributed by atoms with Gasteiger partial charge in [-0.25, -0.2) is 0 Å². The molecule has 0 spiro atoms. The van der Waals surface area contributed by atoms with Gasteiger partial charge in [0, 0.05) is 22.2 Å². The van der Waals surface area contributed by atoms with Gasteiger partial charge in [-0.3, -0.25) is 4.79 Å². The molecule has 2 rings (SSSR count). The number of benzene rings is 2. The molecule has 0 aliphatic rings. The van der Waals surface area contributed by atoms with Crippen LogP contribution in [0.3, 0.4) is 0 Å². The van der Waals surface area contributed by atoms with Gasteiger partial charge in [-0.05, 0) is 37.1 Å². The largest absolute Gasteiger partial charge is 0.489 e. The second kappa shape index (κ2) is 8.02. The number of nitrogens with one attached hydrogen (secondary N) is 1. The number of hydrogen-bond acceptors (Lipinski definition) is 2. The van der Waals surface area contributed by atoms with E-state index in [1.165, 1.54) is 0 Å². The Morgan fingerprint density at radius 1 is 1.13 bits per heavy atom. The molecular formula is C19H22ClNO2. The molecule has 1 amide bonds. The molecule has 0 radical (unpaired) electrons. The van der Waals surface area contributed by atoms with Gasteiger partial charge in [0.15, 0.2) is 0 Å². The predicted octanol–water partition coefficient (Wildman–Crippen LogP) is 4.69. The molecule has 0 bridgehead atoms. The molecule has 4 heteroatoms. The van der Waals surface area contributed by atoms with E-state index >= 15 is 0 Å². The summed E-state index contributed by atoms with van der Waals surface area (Å²) in [7, 11) is 0.